The van der Waals surface area contributed by atoms with E-state index in [0.717, 1.165) is 94.3 Å². The third-order valence-electron chi connectivity index (χ3n) is 13.6. The van der Waals surface area contributed by atoms with E-state index in [4.69, 9.17) is 19.4 Å². The molecular formula is C63H39N5O. The van der Waals surface area contributed by atoms with E-state index in [9.17, 15) is 0 Å². The van der Waals surface area contributed by atoms with E-state index in [2.05, 4.69) is 179 Å². The summed E-state index contributed by atoms with van der Waals surface area (Å²) in [4.78, 5) is 15.2. The highest BCUT2D eigenvalue weighted by Crippen LogP contribution is 2.44. The molecule has 0 atom stereocenters. The van der Waals surface area contributed by atoms with Crippen molar-refractivity contribution in [3.05, 3.63) is 237 Å². The molecule has 0 radical (unpaired) electrons. The van der Waals surface area contributed by atoms with Gasteiger partial charge >= 0.3 is 0 Å². The second kappa shape index (κ2) is 15.6. The van der Waals surface area contributed by atoms with Crippen LogP contribution in [0.5, 0.6) is 0 Å². The predicted molar refractivity (Wildman–Crippen MR) is 283 cm³/mol. The highest BCUT2D eigenvalue weighted by molar-refractivity contribution is 6.20. The van der Waals surface area contributed by atoms with Crippen molar-refractivity contribution >= 4 is 65.6 Å². The highest BCUT2D eigenvalue weighted by Gasteiger charge is 2.23. The normalized spacial score (nSPS) is 11.8. The Bertz CT molecular complexity index is 4240. The van der Waals surface area contributed by atoms with E-state index in [1.54, 1.807) is 0 Å². The number of fused-ring (bicyclic) bond motifs is 9. The molecule has 0 aliphatic carbocycles. The highest BCUT2D eigenvalue weighted by atomic mass is 16.3. The molecule has 0 saturated heterocycles. The topological polar surface area (TPSA) is 61.7 Å². The summed E-state index contributed by atoms with van der Waals surface area (Å²) in [6, 6.07) is 83.5. The van der Waals surface area contributed by atoms with Gasteiger partial charge in [0.1, 0.15) is 11.2 Å². The molecule has 14 aromatic rings. The summed E-state index contributed by atoms with van der Waals surface area (Å²) in [5, 5.41) is 6.93. The fourth-order valence-electron chi connectivity index (χ4n) is 10.4. The van der Waals surface area contributed by atoms with Gasteiger partial charge in [-0.2, -0.15) is 0 Å². The smallest absolute Gasteiger partial charge is 0.164 e. The molecule has 322 valence electrons. The number of nitrogens with zero attached hydrogens (tertiary/aromatic N) is 5. The summed E-state index contributed by atoms with van der Waals surface area (Å²) >= 11 is 0. The van der Waals surface area contributed by atoms with Crippen molar-refractivity contribution < 1.29 is 4.42 Å². The maximum absolute atomic E-state index is 6.73. The lowest BCUT2D eigenvalue weighted by molar-refractivity contribution is 0.670. The fraction of sp³-hybridized carbons (Fsp3) is 0. The molecule has 0 amide bonds. The number of benzene rings is 10. The van der Waals surface area contributed by atoms with Gasteiger partial charge in [-0.15, -0.1) is 0 Å². The lowest BCUT2D eigenvalue weighted by Gasteiger charge is -2.17. The molecule has 6 nitrogen and oxygen atoms in total. The van der Waals surface area contributed by atoms with Gasteiger partial charge in [-0.25, -0.2) is 15.0 Å². The van der Waals surface area contributed by atoms with Crippen LogP contribution >= 0.6 is 0 Å². The Hall–Kier alpha value is -9.39. The Morgan fingerprint density at radius 2 is 0.812 bits per heavy atom. The fourth-order valence-corrected chi connectivity index (χ4v) is 10.4. The van der Waals surface area contributed by atoms with Crippen molar-refractivity contribution in [3.8, 4) is 67.8 Å². The SMILES string of the molecule is c1ccc(-c2ccc(-c3cccc4c3oc3ccccc34)c(-n3c4ccccc4c4cc5c6ccccc6n(-c6cccc(-c7nc(-c8ccccc8)nc(-c8ccccc8)n7)c6)c5cc43)c2)cc1. The van der Waals surface area contributed by atoms with Crippen LogP contribution in [0.1, 0.15) is 0 Å². The summed E-state index contributed by atoms with van der Waals surface area (Å²) in [6.45, 7) is 0. The first-order valence-corrected chi connectivity index (χ1v) is 23.3. The zero-order valence-electron chi connectivity index (χ0n) is 37.2. The van der Waals surface area contributed by atoms with Gasteiger partial charge in [-0.05, 0) is 59.7 Å². The number of rotatable bonds is 7. The minimum atomic E-state index is 0.609. The Labute approximate surface area is 396 Å². The second-order valence-electron chi connectivity index (χ2n) is 17.6. The summed E-state index contributed by atoms with van der Waals surface area (Å²) in [5.41, 5.74) is 15.4. The molecule has 0 aliphatic rings. The Morgan fingerprint density at radius 1 is 0.290 bits per heavy atom. The largest absolute Gasteiger partial charge is 0.455 e. The summed E-state index contributed by atoms with van der Waals surface area (Å²) < 4.78 is 11.6. The Morgan fingerprint density at radius 3 is 1.49 bits per heavy atom. The second-order valence-corrected chi connectivity index (χ2v) is 17.6. The zero-order chi connectivity index (χ0) is 45.4. The first kappa shape index (κ1) is 38.8. The van der Waals surface area contributed by atoms with Crippen molar-refractivity contribution in [2.24, 2.45) is 0 Å². The maximum atomic E-state index is 6.73. The molecule has 69 heavy (non-hydrogen) atoms. The minimum Gasteiger partial charge on any atom is -0.455 e. The van der Waals surface area contributed by atoms with Crippen molar-refractivity contribution in [2.75, 3.05) is 0 Å². The Kier molecular flexibility index (Phi) is 8.79. The van der Waals surface area contributed by atoms with Crippen LogP contribution in [0.15, 0.2) is 241 Å². The predicted octanol–water partition coefficient (Wildman–Crippen LogP) is 16.3. The van der Waals surface area contributed by atoms with Gasteiger partial charge in [0, 0.05) is 65.8 Å². The van der Waals surface area contributed by atoms with Crippen LogP contribution < -0.4 is 0 Å². The van der Waals surface area contributed by atoms with Crippen LogP contribution in [0.25, 0.3) is 133 Å². The minimum absolute atomic E-state index is 0.609. The molecule has 14 rings (SSSR count). The van der Waals surface area contributed by atoms with E-state index in [1.807, 2.05) is 66.7 Å². The number of furan rings is 1. The average molecular weight is 882 g/mol. The number of aromatic nitrogens is 5. The molecule has 0 fully saturated rings. The van der Waals surface area contributed by atoms with Crippen LogP contribution in [0.3, 0.4) is 0 Å². The van der Waals surface area contributed by atoms with Crippen LogP contribution in [-0.2, 0) is 0 Å². The van der Waals surface area contributed by atoms with E-state index < -0.39 is 0 Å². The lowest BCUT2D eigenvalue weighted by Crippen LogP contribution is -2.01. The summed E-state index contributed by atoms with van der Waals surface area (Å²) in [5.74, 6) is 1.87. The zero-order valence-corrected chi connectivity index (χ0v) is 37.2. The molecule has 10 aromatic carbocycles. The number of para-hydroxylation sites is 4. The maximum Gasteiger partial charge on any atom is 0.164 e. The number of hydrogen-bond acceptors (Lipinski definition) is 4. The van der Waals surface area contributed by atoms with Crippen molar-refractivity contribution in [1.82, 2.24) is 24.1 Å². The number of hydrogen-bond donors (Lipinski definition) is 0. The third-order valence-corrected chi connectivity index (χ3v) is 13.6. The van der Waals surface area contributed by atoms with Gasteiger partial charge in [0.25, 0.3) is 0 Å². The Balaban J connectivity index is 1.03. The molecule has 0 N–H and O–H groups in total. The van der Waals surface area contributed by atoms with Gasteiger partial charge < -0.3 is 13.6 Å². The van der Waals surface area contributed by atoms with Crippen LogP contribution in [-0.4, -0.2) is 24.1 Å². The molecule has 0 spiro atoms. The monoisotopic (exact) mass is 881 g/mol. The summed E-state index contributed by atoms with van der Waals surface area (Å²) in [6.07, 6.45) is 0. The van der Waals surface area contributed by atoms with Gasteiger partial charge in [0.2, 0.25) is 0 Å². The molecule has 0 unspecified atom stereocenters. The van der Waals surface area contributed by atoms with Crippen LogP contribution in [0, 0.1) is 0 Å². The molecular weight excluding hydrogens is 843 g/mol. The van der Waals surface area contributed by atoms with Gasteiger partial charge in [-0.3, -0.25) is 0 Å². The lowest BCUT2D eigenvalue weighted by atomic mass is 9.96. The van der Waals surface area contributed by atoms with Gasteiger partial charge in [0.15, 0.2) is 17.5 Å². The molecule has 4 aromatic heterocycles. The van der Waals surface area contributed by atoms with E-state index in [1.165, 1.54) is 21.5 Å². The van der Waals surface area contributed by atoms with Crippen molar-refractivity contribution in [2.45, 2.75) is 0 Å². The van der Waals surface area contributed by atoms with Crippen LogP contribution in [0.4, 0.5) is 0 Å². The van der Waals surface area contributed by atoms with Gasteiger partial charge in [-0.1, -0.05) is 188 Å². The van der Waals surface area contributed by atoms with Gasteiger partial charge in [0.05, 0.1) is 27.8 Å². The standard InChI is InChI=1S/C63H39N5O/c1-4-18-40(19-5-1)43-34-35-48(50-29-17-30-51-49-28-12-15-33-59(49)69-60(50)51)56(37-43)68-55-32-14-11-27-47(55)53-38-52-46-26-10-13-31-54(46)67(57(52)39-58(53)68)45-25-16-24-44(36-45)63-65-61(41-20-6-2-7-21-41)64-62(66-63)42-22-8-3-9-23-42/h1-39H. The quantitative estimate of drug-likeness (QED) is 0.160. The van der Waals surface area contributed by atoms with Crippen LogP contribution in [0.2, 0.25) is 0 Å². The first-order valence-electron chi connectivity index (χ1n) is 23.3. The molecule has 4 heterocycles. The van der Waals surface area contributed by atoms with E-state index in [-0.39, 0.29) is 0 Å². The average Bonchev–Trinajstić information content (AvgIpc) is 4.08. The van der Waals surface area contributed by atoms with Crippen molar-refractivity contribution in [3.63, 3.8) is 0 Å². The van der Waals surface area contributed by atoms with E-state index in [0.29, 0.717) is 17.5 Å². The summed E-state index contributed by atoms with van der Waals surface area (Å²) in [7, 11) is 0. The first-order chi connectivity index (χ1) is 34.2. The van der Waals surface area contributed by atoms with E-state index >= 15 is 0 Å². The molecule has 0 aliphatic heterocycles. The molecule has 6 heteroatoms. The third kappa shape index (κ3) is 6.30. The molecule has 0 bridgehead atoms. The van der Waals surface area contributed by atoms with Crippen molar-refractivity contribution in [1.29, 1.82) is 0 Å². The molecule has 0 saturated carbocycles.